The zero-order valence-electron chi connectivity index (χ0n) is 11.1. The molecule has 0 aliphatic heterocycles. The Labute approximate surface area is 119 Å². The highest BCUT2D eigenvalue weighted by Gasteiger charge is 2.33. The van der Waals surface area contributed by atoms with E-state index in [1.807, 2.05) is 0 Å². The smallest absolute Gasteiger partial charge is 0.326 e. The Hall–Kier alpha value is -2.07. The van der Waals surface area contributed by atoms with Crippen molar-refractivity contribution in [2.75, 3.05) is 11.9 Å². The van der Waals surface area contributed by atoms with Crippen LogP contribution < -0.4 is 10.6 Å². The standard InChI is InChI=1S/C14H14F3N3O/c15-14(16,17)12-7-11(2-1-9(12)8-18)20-13(21)5-6-19-10-3-4-10/h1-2,7,10,19H,3-6H2,(H,20,21). The van der Waals surface area contributed by atoms with Crippen LogP contribution in [0.2, 0.25) is 0 Å². The Bertz CT molecular complexity index is 574. The highest BCUT2D eigenvalue weighted by atomic mass is 19.4. The number of amides is 1. The van der Waals surface area contributed by atoms with Crippen LogP contribution in [0, 0.1) is 11.3 Å². The van der Waals surface area contributed by atoms with E-state index in [1.54, 1.807) is 0 Å². The van der Waals surface area contributed by atoms with Gasteiger partial charge in [-0.15, -0.1) is 0 Å². The van der Waals surface area contributed by atoms with Crippen LogP contribution in [0.15, 0.2) is 18.2 Å². The van der Waals surface area contributed by atoms with E-state index in [-0.39, 0.29) is 18.0 Å². The van der Waals surface area contributed by atoms with E-state index in [9.17, 15) is 18.0 Å². The lowest BCUT2D eigenvalue weighted by Gasteiger charge is -2.11. The van der Waals surface area contributed by atoms with Gasteiger partial charge in [-0.2, -0.15) is 18.4 Å². The van der Waals surface area contributed by atoms with Gasteiger partial charge in [0.15, 0.2) is 0 Å². The van der Waals surface area contributed by atoms with E-state index >= 15 is 0 Å². The van der Waals surface area contributed by atoms with Crippen LogP contribution in [-0.2, 0) is 11.0 Å². The summed E-state index contributed by atoms with van der Waals surface area (Å²) in [6.07, 6.45) is -2.23. The van der Waals surface area contributed by atoms with Crippen molar-refractivity contribution in [3.8, 4) is 6.07 Å². The molecule has 21 heavy (non-hydrogen) atoms. The summed E-state index contributed by atoms with van der Waals surface area (Å²) in [5.41, 5.74) is -1.47. The fourth-order valence-electron chi connectivity index (χ4n) is 1.85. The molecular formula is C14H14F3N3O. The Morgan fingerprint density at radius 2 is 2.10 bits per heavy atom. The zero-order valence-corrected chi connectivity index (χ0v) is 11.1. The molecule has 1 aromatic carbocycles. The van der Waals surface area contributed by atoms with Gasteiger partial charge in [-0.05, 0) is 31.0 Å². The highest BCUT2D eigenvalue weighted by Crippen LogP contribution is 2.33. The van der Waals surface area contributed by atoms with E-state index in [0.717, 1.165) is 25.0 Å². The molecule has 0 saturated heterocycles. The molecule has 2 rings (SSSR count). The summed E-state index contributed by atoms with van der Waals surface area (Å²) < 4.78 is 38.3. The maximum absolute atomic E-state index is 12.8. The van der Waals surface area contributed by atoms with E-state index < -0.39 is 17.3 Å². The van der Waals surface area contributed by atoms with Gasteiger partial charge in [-0.1, -0.05) is 0 Å². The Kier molecular flexibility index (Phi) is 4.48. The Balaban J connectivity index is 1.99. The van der Waals surface area contributed by atoms with Crippen molar-refractivity contribution < 1.29 is 18.0 Å². The van der Waals surface area contributed by atoms with Gasteiger partial charge in [0, 0.05) is 24.7 Å². The van der Waals surface area contributed by atoms with Crippen LogP contribution in [0.3, 0.4) is 0 Å². The lowest BCUT2D eigenvalue weighted by molar-refractivity contribution is -0.137. The van der Waals surface area contributed by atoms with Gasteiger partial charge in [-0.25, -0.2) is 0 Å². The van der Waals surface area contributed by atoms with Gasteiger partial charge >= 0.3 is 6.18 Å². The number of nitriles is 1. The summed E-state index contributed by atoms with van der Waals surface area (Å²) in [6, 6.07) is 5.10. The molecule has 1 fully saturated rings. The minimum Gasteiger partial charge on any atom is -0.326 e. The molecule has 0 bridgehead atoms. The fourth-order valence-corrected chi connectivity index (χ4v) is 1.85. The van der Waals surface area contributed by atoms with Crippen LogP contribution in [0.25, 0.3) is 0 Å². The van der Waals surface area contributed by atoms with Gasteiger partial charge in [0.1, 0.15) is 0 Å². The molecule has 0 aromatic heterocycles. The molecular weight excluding hydrogens is 283 g/mol. The number of rotatable bonds is 5. The average Bonchev–Trinajstić information content (AvgIpc) is 3.22. The molecule has 0 heterocycles. The number of hydrogen-bond acceptors (Lipinski definition) is 3. The predicted molar refractivity (Wildman–Crippen MR) is 70.4 cm³/mol. The van der Waals surface area contributed by atoms with Crippen molar-refractivity contribution in [2.24, 2.45) is 0 Å². The topological polar surface area (TPSA) is 64.9 Å². The van der Waals surface area contributed by atoms with Crippen LogP contribution in [0.5, 0.6) is 0 Å². The monoisotopic (exact) mass is 297 g/mol. The molecule has 0 radical (unpaired) electrons. The van der Waals surface area contributed by atoms with E-state index in [4.69, 9.17) is 5.26 Å². The first-order valence-corrected chi connectivity index (χ1v) is 6.54. The van der Waals surface area contributed by atoms with Crippen molar-refractivity contribution in [3.63, 3.8) is 0 Å². The summed E-state index contributed by atoms with van der Waals surface area (Å²) in [5.74, 6) is -0.360. The molecule has 1 amide bonds. The van der Waals surface area contributed by atoms with E-state index in [2.05, 4.69) is 10.6 Å². The number of halogens is 3. The van der Waals surface area contributed by atoms with Crippen molar-refractivity contribution >= 4 is 11.6 Å². The third-order valence-corrected chi connectivity index (χ3v) is 3.09. The molecule has 0 spiro atoms. The van der Waals surface area contributed by atoms with Gasteiger partial charge in [0.25, 0.3) is 0 Å². The first kappa shape index (κ1) is 15.3. The number of nitrogens with zero attached hydrogens (tertiary/aromatic N) is 1. The molecule has 2 N–H and O–H groups in total. The van der Waals surface area contributed by atoms with Gasteiger partial charge in [0.2, 0.25) is 5.91 Å². The zero-order chi connectivity index (χ0) is 15.5. The second kappa shape index (κ2) is 6.14. The molecule has 0 atom stereocenters. The number of alkyl halides is 3. The third-order valence-electron chi connectivity index (χ3n) is 3.09. The molecule has 1 aromatic rings. The largest absolute Gasteiger partial charge is 0.417 e. The van der Waals surface area contributed by atoms with Gasteiger partial charge < -0.3 is 10.6 Å². The first-order valence-electron chi connectivity index (χ1n) is 6.54. The summed E-state index contributed by atoms with van der Waals surface area (Å²) in [7, 11) is 0. The minimum atomic E-state index is -4.63. The fraction of sp³-hybridized carbons (Fsp3) is 0.429. The number of anilines is 1. The van der Waals surface area contributed by atoms with Crippen molar-refractivity contribution in [2.45, 2.75) is 31.5 Å². The summed E-state index contributed by atoms with van der Waals surface area (Å²) >= 11 is 0. The SMILES string of the molecule is N#Cc1ccc(NC(=O)CCNC2CC2)cc1C(F)(F)F. The maximum Gasteiger partial charge on any atom is 0.417 e. The second-order valence-corrected chi connectivity index (χ2v) is 4.90. The van der Waals surface area contributed by atoms with Gasteiger partial charge in [-0.3, -0.25) is 4.79 Å². The number of carbonyl (C=O) groups excluding carboxylic acids is 1. The summed E-state index contributed by atoms with van der Waals surface area (Å²) in [5, 5.41) is 14.2. The van der Waals surface area contributed by atoms with Crippen molar-refractivity contribution in [3.05, 3.63) is 29.3 Å². The maximum atomic E-state index is 12.8. The average molecular weight is 297 g/mol. The molecule has 1 saturated carbocycles. The lowest BCUT2D eigenvalue weighted by atomic mass is 10.1. The van der Waals surface area contributed by atoms with Crippen molar-refractivity contribution in [1.82, 2.24) is 5.32 Å². The third kappa shape index (κ3) is 4.46. The number of nitrogens with one attached hydrogen (secondary N) is 2. The normalized spacial score (nSPS) is 14.6. The predicted octanol–water partition coefficient (Wildman–Crippen LogP) is 2.66. The molecule has 1 aliphatic rings. The Morgan fingerprint density at radius 3 is 2.67 bits per heavy atom. The lowest BCUT2D eigenvalue weighted by Crippen LogP contribution is -2.23. The molecule has 112 valence electrons. The van der Waals surface area contributed by atoms with E-state index in [1.165, 1.54) is 12.1 Å². The Morgan fingerprint density at radius 1 is 1.38 bits per heavy atom. The molecule has 4 nitrogen and oxygen atoms in total. The number of hydrogen-bond donors (Lipinski definition) is 2. The summed E-state index contributed by atoms with van der Waals surface area (Å²) in [4.78, 5) is 11.6. The highest BCUT2D eigenvalue weighted by molar-refractivity contribution is 5.91. The number of benzene rings is 1. The molecule has 0 unspecified atom stereocenters. The minimum absolute atomic E-state index is 0.0396. The van der Waals surface area contributed by atoms with Crippen molar-refractivity contribution in [1.29, 1.82) is 5.26 Å². The second-order valence-electron chi connectivity index (χ2n) is 4.90. The van der Waals surface area contributed by atoms with Crippen LogP contribution >= 0.6 is 0 Å². The van der Waals surface area contributed by atoms with Crippen LogP contribution in [0.4, 0.5) is 18.9 Å². The summed E-state index contributed by atoms with van der Waals surface area (Å²) in [6.45, 7) is 0.499. The molecule has 1 aliphatic carbocycles. The van der Waals surface area contributed by atoms with Crippen LogP contribution in [-0.4, -0.2) is 18.5 Å². The first-order chi connectivity index (χ1) is 9.90. The quantitative estimate of drug-likeness (QED) is 0.878. The molecule has 7 heteroatoms. The number of carbonyl (C=O) groups is 1. The van der Waals surface area contributed by atoms with E-state index in [0.29, 0.717) is 12.6 Å². The van der Waals surface area contributed by atoms with Crippen LogP contribution in [0.1, 0.15) is 30.4 Å². The van der Waals surface area contributed by atoms with Gasteiger partial charge in [0.05, 0.1) is 17.2 Å².